The molecular weight excluding hydrogens is 299 g/mol. The van der Waals surface area contributed by atoms with Crippen LogP contribution in [0, 0.1) is 0 Å². The Hall–Kier alpha value is -1.61. The van der Waals surface area contributed by atoms with Crippen LogP contribution in [0.5, 0.6) is 0 Å². The Bertz CT molecular complexity index is 625. The molecule has 112 valence electrons. The van der Waals surface area contributed by atoms with Crippen molar-refractivity contribution in [2.45, 2.75) is 12.7 Å². The van der Waals surface area contributed by atoms with Gasteiger partial charge in [0.25, 0.3) is 0 Å². The Balaban J connectivity index is 3.30. The Morgan fingerprint density at radius 2 is 1.90 bits per heavy atom. The lowest BCUT2D eigenvalue weighted by Crippen LogP contribution is -2.26. The SMILES string of the molecule is CN(Cc1cc(C(F)(F)F)ccc1C(=O)O)S(C)(=O)=O. The van der Waals surface area contributed by atoms with Gasteiger partial charge in [-0.25, -0.2) is 17.5 Å². The number of benzene rings is 1. The van der Waals surface area contributed by atoms with Crippen LogP contribution in [0.15, 0.2) is 18.2 Å². The molecule has 1 N–H and O–H groups in total. The zero-order valence-corrected chi connectivity index (χ0v) is 11.4. The van der Waals surface area contributed by atoms with Gasteiger partial charge in [0, 0.05) is 13.6 Å². The van der Waals surface area contributed by atoms with Gasteiger partial charge in [-0.05, 0) is 23.8 Å². The lowest BCUT2D eigenvalue weighted by molar-refractivity contribution is -0.137. The van der Waals surface area contributed by atoms with Crippen molar-refractivity contribution in [3.05, 3.63) is 34.9 Å². The molecule has 20 heavy (non-hydrogen) atoms. The third-order valence-corrected chi connectivity index (χ3v) is 3.88. The van der Waals surface area contributed by atoms with E-state index >= 15 is 0 Å². The molecule has 0 aromatic heterocycles. The predicted molar refractivity (Wildman–Crippen MR) is 64.7 cm³/mol. The quantitative estimate of drug-likeness (QED) is 0.920. The number of carboxylic acid groups (broad SMARTS) is 1. The number of aromatic carboxylic acids is 1. The largest absolute Gasteiger partial charge is 0.478 e. The predicted octanol–water partition coefficient (Wildman–Crippen LogP) is 1.80. The summed E-state index contributed by atoms with van der Waals surface area (Å²) in [4.78, 5) is 11.0. The molecule has 0 saturated carbocycles. The Morgan fingerprint density at radius 1 is 1.35 bits per heavy atom. The van der Waals surface area contributed by atoms with Gasteiger partial charge < -0.3 is 5.11 Å². The van der Waals surface area contributed by atoms with Crippen LogP contribution >= 0.6 is 0 Å². The molecule has 0 aliphatic heterocycles. The van der Waals surface area contributed by atoms with Crippen molar-refractivity contribution in [2.75, 3.05) is 13.3 Å². The number of hydrogen-bond donors (Lipinski definition) is 1. The van der Waals surface area contributed by atoms with Crippen molar-refractivity contribution < 1.29 is 31.5 Å². The molecular formula is C11H12F3NO4S. The van der Waals surface area contributed by atoms with E-state index in [-0.39, 0.29) is 11.1 Å². The molecule has 1 aromatic rings. The molecule has 0 aliphatic rings. The first-order chi connectivity index (χ1) is 8.93. The highest BCUT2D eigenvalue weighted by atomic mass is 32.2. The van der Waals surface area contributed by atoms with Crippen molar-refractivity contribution in [1.82, 2.24) is 4.31 Å². The fourth-order valence-electron chi connectivity index (χ4n) is 1.47. The normalized spacial score (nSPS) is 12.7. The molecule has 0 unspecified atom stereocenters. The minimum absolute atomic E-state index is 0.222. The number of nitrogens with zero attached hydrogens (tertiary/aromatic N) is 1. The Morgan fingerprint density at radius 3 is 2.30 bits per heavy atom. The van der Waals surface area contributed by atoms with Crippen LogP contribution in [0.3, 0.4) is 0 Å². The number of carbonyl (C=O) groups is 1. The Kier molecular flexibility index (Phi) is 4.45. The highest BCUT2D eigenvalue weighted by Crippen LogP contribution is 2.31. The van der Waals surface area contributed by atoms with E-state index in [9.17, 15) is 26.4 Å². The van der Waals surface area contributed by atoms with Gasteiger partial charge in [-0.1, -0.05) is 0 Å². The highest BCUT2D eigenvalue weighted by molar-refractivity contribution is 7.88. The molecule has 0 amide bonds. The van der Waals surface area contributed by atoms with Gasteiger partial charge in [-0.3, -0.25) is 0 Å². The topological polar surface area (TPSA) is 74.7 Å². The van der Waals surface area contributed by atoms with E-state index in [0.717, 1.165) is 23.7 Å². The lowest BCUT2D eigenvalue weighted by Gasteiger charge is -2.17. The number of hydrogen-bond acceptors (Lipinski definition) is 3. The monoisotopic (exact) mass is 311 g/mol. The maximum Gasteiger partial charge on any atom is 0.416 e. The standard InChI is InChI=1S/C11H12F3NO4S/c1-15(20(2,18)19)6-7-5-8(11(12,13)14)3-4-9(7)10(16)17/h3-5H,6H2,1-2H3,(H,16,17). The number of halogens is 3. The number of sulfonamides is 1. The molecule has 0 heterocycles. The summed E-state index contributed by atoms with van der Waals surface area (Å²) in [5.41, 5.74) is -1.62. The van der Waals surface area contributed by atoms with Gasteiger partial charge in [0.05, 0.1) is 17.4 Å². The minimum Gasteiger partial charge on any atom is -0.478 e. The van der Waals surface area contributed by atoms with Crippen LogP contribution in [0.1, 0.15) is 21.5 Å². The molecule has 0 spiro atoms. The van der Waals surface area contributed by atoms with E-state index in [2.05, 4.69) is 0 Å². The summed E-state index contributed by atoms with van der Waals surface area (Å²) in [5, 5.41) is 8.93. The average Bonchev–Trinajstić information content (AvgIpc) is 2.25. The lowest BCUT2D eigenvalue weighted by atomic mass is 10.0. The third kappa shape index (κ3) is 3.94. The molecule has 0 aliphatic carbocycles. The van der Waals surface area contributed by atoms with Gasteiger partial charge in [-0.2, -0.15) is 13.2 Å². The fourth-order valence-corrected chi connectivity index (χ4v) is 1.84. The summed E-state index contributed by atoms with van der Waals surface area (Å²) in [7, 11) is -2.48. The summed E-state index contributed by atoms with van der Waals surface area (Å²) < 4.78 is 61.1. The molecule has 1 aromatic carbocycles. The molecule has 0 atom stereocenters. The molecule has 0 saturated heterocycles. The first kappa shape index (κ1) is 16.4. The molecule has 0 fully saturated rings. The fraction of sp³-hybridized carbons (Fsp3) is 0.364. The van der Waals surface area contributed by atoms with Gasteiger partial charge in [0.15, 0.2) is 0 Å². The summed E-state index contributed by atoms with van der Waals surface area (Å²) >= 11 is 0. The van der Waals surface area contributed by atoms with E-state index in [1.54, 1.807) is 0 Å². The number of rotatable bonds is 4. The van der Waals surface area contributed by atoms with E-state index in [0.29, 0.717) is 12.1 Å². The van der Waals surface area contributed by atoms with Crippen LogP contribution in [0.2, 0.25) is 0 Å². The van der Waals surface area contributed by atoms with Crippen LogP contribution < -0.4 is 0 Å². The molecule has 9 heteroatoms. The van der Waals surface area contributed by atoms with Gasteiger partial charge in [-0.15, -0.1) is 0 Å². The van der Waals surface area contributed by atoms with Crippen LogP contribution in [0.25, 0.3) is 0 Å². The van der Waals surface area contributed by atoms with E-state index < -0.39 is 34.3 Å². The van der Waals surface area contributed by atoms with Gasteiger partial charge in [0.1, 0.15) is 0 Å². The van der Waals surface area contributed by atoms with Crippen molar-refractivity contribution in [3.63, 3.8) is 0 Å². The summed E-state index contributed by atoms with van der Waals surface area (Å²) in [6, 6.07) is 2.11. The second-order valence-electron chi connectivity index (χ2n) is 4.19. The third-order valence-electron chi connectivity index (χ3n) is 2.62. The van der Waals surface area contributed by atoms with Crippen molar-refractivity contribution in [3.8, 4) is 0 Å². The van der Waals surface area contributed by atoms with Gasteiger partial charge >= 0.3 is 12.1 Å². The zero-order chi connectivity index (χ0) is 15.7. The van der Waals surface area contributed by atoms with Crippen LogP contribution in [0.4, 0.5) is 13.2 Å². The van der Waals surface area contributed by atoms with Crippen molar-refractivity contribution >= 4 is 16.0 Å². The van der Waals surface area contributed by atoms with E-state index in [4.69, 9.17) is 5.11 Å². The minimum atomic E-state index is -4.63. The maximum absolute atomic E-state index is 12.6. The van der Waals surface area contributed by atoms with Gasteiger partial charge in [0.2, 0.25) is 10.0 Å². The van der Waals surface area contributed by atoms with E-state index in [1.165, 1.54) is 0 Å². The highest BCUT2D eigenvalue weighted by Gasteiger charge is 2.31. The Labute approximate surface area is 113 Å². The average molecular weight is 311 g/mol. The first-order valence-corrected chi connectivity index (χ1v) is 7.12. The zero-order valence-electron chi connectivity index (χ0n) is 10.6. The maximum atomic E-state index is 12.6. The summed E-state index contributed by atoms with van der Waals surface area (Å²) in [6.45, 7) is -0.454. The molecule has 0 radical (unpaired) electrons. The summed E-state index contributed by atoms with van der Waals surface area (Å²) in [6.07, 6.45) is -3.75. The van der Waals surface area contributed by atoms with Crippen LogP contribution in [-0.2, 0) is 22.7 Å². The van der Waals surface area contributed by atoms with Crippen molar-refractivity contribution in [1.29, 1.82) is 0 Å². The van der Waals surface area contributed by atoms with E-state index in [1.807, 2.05) is 0 Å². The first-order valence-electron chi connectivity index (χ1n) is 5.27. The van der Waals surface area contributed by atoms with Crippen molar-refractivity contribution in [2.24, 2.45) is 0 Å². The number of carboxylic acids is 1. The smallest absolute Gasteiger partial charge is 0.416 e. The molecule has 5 nitrogen and oxygen atoms in total. The molecule has 1 rings (SSSR count). The second-order valence-corrected chi connectivity index (χ2v) is 6.28. The number of alkyl halides is 3. The van der Waals surface area contributed by atoms with Crippen LogP contribution in [-0.4, -0.2) is 37.1 Å². The second kappa shape index (κ2) is 5.41. The summed E-state index contributed by atoms with van der Waals surface area (Å²) in [5.74, 6) is -1.42. The molecule has 0 bridgehead atoms.